The zero-order valence-corrected chi connectivity index (χ0v) is 11.3. The molecular formula is C14H21N3O2. The summed E-state index contributed by atoms with van der Waals surface area (Å²) in [4.78, 5) is 11.0. The van der Waals surface area contributed by atoms with E-state index in [1.165, 1.54) is 44.4 Å². The van der Waals surface area contributed by atoms with Gasteiger partial charge in [0.25, 0.3) is 0 Å². The number of nitrogens with one attached hydrogen (secondary N) is 1. The van der Waals surface area contributed by atoms with Gasteiger partial charge in [-0.3, -0.25) is 0 Å². The predicted molar refractivity (Wildman–Crippen MR) is 73.2 cm³/mol. The third kappa shape index (κ3) is 3.66. The largest absolute Gasteiger partial charge is 0.478 e. The van der Waals surface area contributed by atoms with Crippen molar-refractivity contribution >= 4 is 11.8 Å². The molecular weight excluding hydrogens is 242 g/mol. The Morgan fingerprint density at radius 1 is 1.37 bits per heavy atom. The van der Waals surface area contributed by atoms with Crippen LogP contribution in [0.3, 0.4) is 0 Å². The van der Waals surface area contributed by atoms with Crippen molar-refractivity contribution in [2.24, 2.45) is 11.8 Å². The number of carboxylic acids is 1. The average molecular weight is 263 g/mol. The Morgan fingerprint density at radius 3 is 2.68 bits per heavy atom. The minimum absolute atomic E-state index is 0.192. The molecule has 0 aromatic carbocycles. The summed E-state index contributed by atoms with van der Waals surface area (Å²) in [6, 6.07) is 1.48. The van der Waals surface area contributed by atoms with Crippen LogP contribution in [0.1, 0.15) is 49.4 Å². The van der Waals surface area contributed by atoms with Gasteiger partial charge in [-0.15, -0.1) is 5.10 Å². The highest BCUT2D eigenvalue weighted by atomic mass is 16.4. The van der Waals surface area contributed by atoms with Crippen molar-refractivity contribution in [1.29, 1.82) is 0 Å². The van der Waals surface area contributed by atoms with Gasteiger partial charge >= 0.3 is 5.97 Å². The Kier molecular flexibility index (Phi) is 4.71. The minimum Gasteiger partial charge on any atom is -0.478 e. The second kappa shape index (κ2) is 6.50. The molecule has 5 heteroatoms. The van der Waals surface area contributed by atoms with E-state index in [2.05, 4.69) is 22.4 Å². The Balaban J connectivity index is 1.88. The second-order valence-corrected chi connectivity index (χ2v) is 5.27. The van der Waals surface area contributed by atoms with Crippen molar-refractivity contribution in [2.45, 2.75) is 39.0 Å². The Morgan fingerprint density at radius 2 is 2.05 bits per heavy atom. The van der Waals surface area contributed by atoms with Crippen molar-refractivity contribution in [3.63, 3.8) is 0 Å². The van der Waals surface area contributed by atoms with Crippen LogP contribution < -0.4 is 5.32 Å². The zero-order valence-electron chi connectivity index (χ0n) is 11.3. The first-order valence-electron chi connectivity index (χ1n) is 6.99. The molecule has 1 aromatic heterocycles. The molecule has 1 heterocycles. The summed E-state index contributed by atoms with van der Waals surface area (Å²) in [6.07, 6.45) is 7.68. The van der Waals surface area contributed by atoms with Crippen molar-refractivity contribution in [2.75, 3.05) is 11.9 Å². The summed E-state index contributed by atoms with van der Waals surface area (Å²) in [6.45, 7) is 3.04. The molecule has 0 aliphatic heterocycles. The van der Waals surface area contributed by atoms with Crippen LogP contribution >= 0.6 is 0 Å². The van der Waals surface area contributed by atoms with Crippen molar-refractivity contribution in [3.05, 3.63) is 17.8 Å². The van der Waals surface area contributed by atoms with E-state index >= 15 is 0 Å². The van der Waals surface area contributed by atoms with Gasteiger partial charge in [-0.2, -0.15) is 5.10 Å². The van der Waals surface area contributed by atoms with Crippen LogP contribution in [0.15, 0.2) is 12.3 Å². The lowest BCUT2D eigenvalue weighted by atomic mass is 9.81. The predicted octanol–water partition coefficient (Wildman–Crippen LogP) is 2.80. The van der Waals surface area contributed by atoms with Crippen LogP contribution in [-0.4, -0.2) is 27.8 Å². The Labute approximate surface area is 113 Å². The molecule has 0 radical (unpaired) electrons. The molecule has 1 aliphatic carbocycles. The topological polar surface area (TPSA) is 75.1 Å². The second-order valence-electron chi connectivity index (χ2n) is 5.27. The van der Waals surface area contributed by atoms with Gasteiger partial charge in [-0.05, 0) is 30.7 Å². The summed E-state index contributed by atoms with van der Waals surface area (Å²) in [7, 11) is 0. The molecule has 5 nitrogen and oxygen atoms in total. The van der Waals surface area contributed by atoms with Crippen LogP contribution in [0, 0.1) is 11.8 Å². The van der Waals surface area contributed by atoms with E-state index in [1.54, 1.807) is 0 Å². The fraction of sp³-hybridized carbons (Fsp3) is 0.643. The highest BCUT2D eigenvalue weighted by molar-refractivity contribution is 5.92. The fourth-order valence-corrected chi connectivity index (χ4v) is 2.72. The summed E-state index contributed by atoms with van der Waals surface area (Å²) < 4.78 is 0. The van der Waals surface area contributed by atoms with E-state index in [0.717, 1.165) is 12.5 Å². The monoisotopic (exact) mass is 263 g/mol. The number of hydrogen-bond donors (Lipinski definition) is 2. The van der Waals surface area contributed by atoms with Crippen LogP contribution in [-0.2, 0) is 0 Å². The number of aromatic carboxylic acids is 1. The maximum Gasteiger partial charge on any atom is 0.339 e. The lowest BCUT2D eigenvalue weighted by molar-refractivity contribution is 0.0697. The van der Waals surface area contributed by atoms with Crippen molar-refractivity contribution in [3.8, 4) is 0 Å². The Hall–Kier alpha value is -1.65. The number of carboxylic acid groups (broad SMARTS) is 1. The molecule has 2 N–H and O–H groups in total. The molecule has 0 spiro atoms. The summed E-state index contributed by atoms with van der Waals surface area (Å²) >= 11 is 0. The first kappa shape index (κ1) is 13.8. The smallest absolute Gasteiger partial charge is 0.339 e. The van der Waals surface area contributed by atoms with Gasteiger partial charge in [0, 0.05) is 6.54 Å². The highest BCUT2D eigenvalue weighted by Crippen LogP contribution is 2.30. The van der Waals surface area contributed by atoms with Crippen LogP contribution in [0.25, 0.3) is 0 Å². The van der Waals surface area contributed by atoms with Crippen LogP contribution in [0.4, 0.5) is 5.82 Å². The molecule has 2 rings (SSSR count). The number of rotatable bonds is 5. The highest BCUT2D eigenvalue weighted by Gasteiger charge is 2.20. The molecule has 104 valence electrons. The molecule has 0 bridgehead atoms. The normalized spacial score (nSPS) is 23.0. The number of anilines is 1. The summed E-state index contributed by atoms with van der Waals surface area (Å²) in [5, 5.41) is 19.8. The maximum absolute atomic E-state index is 11.0. The quantitative estimate of drug-likeness (QED) is 0.854. The minimum atomic E-state index is -0.966. The van der Waals surface area contributed by atoms with Gasteiger partial charge in [0.2, 0.25) is 0 Å². The number of hydrogen-bond acceptors (Lipinski definition) is 4. The van der Waals surface area contributed by atoms with Gasteiger partial charge in [-0.25, -0.2) is 4.79 Å². The molecule has 1 aromatic rings. The lowest BCUT2D eigenvalue weighted by Gasteiger charge is -2.28. The molecule has 0 amide bonds. The standard InChI is InChI=1S/C14H21N3O2/c1-2-10-3-5-11(6-4-10)9-15-13-12(14(18)19)7-8-16-17-13/h7-8,10-11H,2-6,9H2,1H3,(H,15,17)(H,18,19). The van der Waals surface area contributed by atoms with E-state index in [0.29, 0.717) is 11.7 Å². The van der Waals surface area contributed by atoms with E-state index in [1.807, 2.05) is 0 Å². The molecule has 19 heavy (non-hydrogen) atoms. The van der Waals surface area contributed by atoms with E-state index in [9.17, 15) is 4.79 Å². The molecule has 1 saturated carbocycles. The maximum atomic E-state index is 11.0. The van der Waals surface area contributed by atoms with Gasteiger partial charge in [0.05, 0.1) is 6.20 Å². The van der Waals surface area contributed by atoms with Gasteiger partial charge in [0.15, 0.2) is 5.82 Å². The van der Waals surface area contributed by atoms with Crippen LogP contribution in [0.2, 0.25) is 0 Å². The van der Waals surface area contributed by atoms with E-state index in [4.69, 9.17) is 5.11 Å². The molecule has 1 aliphatic rings. The van der Waals surface area contributed by atoms with Crippen molar-refractivity contribution in [1.82, 2.24) is 10.2 Å². The lowest BCUT2D eigenvalue weighted by Crippen LogP contribution is -2.22. The SMILES string of the molecule is CCC1CCC(CNc2nnccc2C(=O)O)CC1. The summed E-state index contributed by atoms with van der Waals surface area (Å²) in [5.41, 5.74) is 0.192. The number of nitrogens with zero attached hydrogens (tertiary/aromatic N) is 2. The van der Waals surface area contributed by atoms with Crippen LogP contribution in [0.5, 0.6) is 0 Å². The molecule has 0 saturated heterocycles. The number of carbonyl (C=O) groups is 1. The third-order valence-corrected chi connectivity index (χ3v) is 4.05. The number of aromatic nitrogens is 2. The first-order chi connectivity index (χ1) is 9.20. The molecule has 0 atom stereocenters. The first-order valence-corrected chi connectivity index (χ1v) is 6.99. The Bertz CT molecular complexity index is 428. The van der Waals surface area contributed by atoms with E-state index < -0.39 is 5.97 Å². The zero-order chi connectivity index (χ0) is 13.7. The third-order valence-electron chi connectivity index (χ3n) is 4.05. The average Bonchev–Trinajstić information content (AvgIpc) is 2.46. The molecule has 1 fully saturated rings. The van der Waals surface area contributed by atoms with E-state index in [-0.39, 0.29) is 5.56 Å². The summed E-state index contributed by atoms with van der Waals surface area (Å²) in [5.74, 6) is 0.911. The molecule has 0 unspecified atom stereocenters. The van der Waals surface area contributed by atoms with Crippen molar-refractivity contribution < 1.29 is 9.90 Å². The van der Waals surface area contributed by atoms with Gasteiger partial charge in [0.1, 0.15) is 5.56 Å². The fourth-order valence-electron chi connectivity index (χ4n) is 2.72. The van der Waals surface area contributed by atoms with Gasteiger partial charge in [-0.1, -0.05) is 26.2 Å². The van der Waals surface area contributed by atoms with Gasteiger partial charge < -0.3 is 10.4 Å².